The summed E-state index contributed by atoms with van der Waals surface area (Å²) in [7, 11) is 1.66. The molecule has 1 atom stereocenters. The Morgan fingerprint density at radius 2 is 1.94 bits per heavy atom. The Morgan fingerprint density at radius 1 is 1.09 bits per heavy atom. The van der Waals surface area contributed by atoms with Crippen LogP contribution in [-0.4, -0.2) is 11.7 Å². The molecule has 1 aliphatic carbocycles. The SMILES string of the molecule is COc1ccc([C@@H]2C3=C(N=c4s/c(=C\c5ccco5)c(=O)n42)c2ccccc2CC3)cc1. The van der Waals surface area contributed by atoms with E-state index in [0.29, 0.717) is 15.1 Å². The van der Waals surface area contributed by atoms with Gasteiger partial charge in [-0.25, -0.2) is 4.99 Å². The summed E-state index contributed by atoms with van der Waals surface area (Å²) < 4.78 is 13.3. The van der Waals surface area contributed by atoms with Crippen molar-refractivity contribution in [1.29, 1.82) is 0 Å². The number of rotatable bonds is 3. The predicted octanol–water partition coefficient (Wildman–Crippen LogP) is 3.92. The number of aryl methyl sites for hydroxylation is 1. The minimum Gasteiger partial charge on any atom is -0.497 e. The van der Waals surface area contributed by atoms with Gasteiger partial charge in [-0.1, -0.05) is 47.7 Å². The molecule has 0 fully saturated rings. The van der Waals surface area contributed by atoms with Crippen LogP contribution < -0.4 is 19.6 Å². The second-order valence-electron chi connectivity index (χ2n) is 7.90. The Labute approximate surface area is 188 Å². The van der Waals surface area contributed by atoms with E-state index in [2.05, 4.69) is 24.3 Å². The standard InChI is InChI=1S/C26H20N2O3S/c1-30-18-11-8-17(9-12-18)24-21-13-10-16-5-2-3-7-20(16)23(21)27-26-28(24)25(29)22(32-26)15-19-6-4-14-31-19/h2-9,11-12,14-15,24H,10,13H2,1H3/b22-15-/t24-/m1/s1. The number of benzene rings is 2. The normalized spacial score (nSPS) is 17.4. The van der Waals surface area contributed by atoms with E-state index in [1.54, 1.807) is 19.4 Å². The maximum absolute atomic E-state index is 13.6. The number of thiazole rings is 1. The number of methoxy groups -OCH3 is 1. The zero-order valence-corrected chi connectivity index (χ0v) is 18.3. The molecular formula is C26H20N2O3S. The van der Waals surface area contributed by atoms with Crippen molar-refractivity contribution in [3.05, 3.63) is 115 Å². The lowest BCUT2D eigenvalue weighted by Gasteiger charge is -2.30. The van der Waals surface area contributed by atoms with Crippen molar-refractivity contribution in [3.63, 3.8) is 0 Å². The van der Waals surface area contributed by atoms with Gasteiger partial charge in [-0.3, -0.25) is 9.36 Å². The summed E-state index contributed by atoms with van der Waals surface area (Å²) >= 11 is 1.41. The fraction of sp³-hybridized carbons (Fsp3) is 0.154. The molecule has 0 saturated heterocycles. The van der Waals surface area contributed by atoms with Gasteiger partial charge in [-0.15, -0.1) is 0 Å². The Morgan fingerprint density at radius 3 is 2.72 bits per heavy atom. The highest BCUT2D eigenvalue weighted by atomic mass is 32.1. The van der Waals surface area contributed by atoms with Crippen LogP contribution in [0.15, 0.2) is 86.7 Å². The highest BCUT2D eigenvalue weighted by molar-refractivity contribution is 7.07. The van der Waals surface area contributed by atoms with Crippen molar-refractivity contribution in [2.45, 2.75) is 18.9 Å². The zero-order valence-electron chi connectivity index (χ0n) is 17.4. The highest BCUT2D eigenvalue weighted by Crippen LogP contribution is 2.41. The molecule has 0 spiro atoms. The average molecular weight is 441 g/mol. The van der Waals surface area contributed by atoms with Crippen molar-refractivity contribution in [2.24, 2.45) is 4.99 Å². The van der Waals surface area contributed by atoms with Gasteiger partial charge in [0.1, 0.15) is 11.5 Å². The summed E-state index contributed by atoms with van der Waals surface area (Å²) in [5, 5.41) is 0. The lowest BCUT2D eigenvalue weighted by Crippen LogP contribution is -2.38. The first-order chi connectivity index (χ1) is 15.7. The lowest BCUT2D eigenvalue weighted by atomic mass is 9.83. The number of fused-ring (bicyclic) bond motifs is 3. The Bertz CT molecular complexity index is 1520. The Hall–Kier alpha value is -3.64. The van der Waals surface area contributed by atoms with Gasteiger partial charge in [-0.05, 0) is 53.8 Å². The van der Waals surface area contributed by atoms with Gasteiger partial charge in [0.05, 0.1) is 29.6 Å². The minimum atomic E-state index is -0.195. The van der Waals surface area contributed by atoms with E-state index in [9.17, 15) is 4.79 Å². The number of nitrogens with zero attached hydrogens (tertiary/aromatic N) is 2. The summed E-state index contributed by atoms with van der Waals surface area (Å²) in [6.45, 7) is 0. The minimum absolute atomic E-state index is 0.0450. The number of ether oxygens (including phenoxy) is 1. The molecule has 6 rings (SSSR count). The lowest BCUT2D eigenvalue weighted by molar-refractivity contribution is 0.414. The third kappa shape index (κ3) is 2.99. The van der Waals surface area contributed by atoms with E-state index >= 15 is 0 Å². The number of allylic oxidation sites excluding steroid dienone is 1. The highest BCUT2D eigenvalue weighted by Gasteiger charge is 2.32. The first kappa shape index (κ1) is 19.1. The van der Waals surface area contributed by atoms with Crippen LogP contribution in [0.3, 0.4) is 0 Å². The molecule has 0 N–H and O–H groups in total. The van der Waals surface area contributed by atoms with Crippen molar-refractivity contribution < 1.29 is 9.15 Å². The van der Waals surface area contributed by atoms with Crippen LogP contribution in [0.4, 0.5) is 0 Å². The summed E-state index contributed by atoms with van der Waals surface area (Å²) in [6, 6.07) is 19.9. The molecule has 0 radical (unpaired) electrons. The number of hydrogen-bond donors (Lipinski definition) is 0. The molecular weight excluding hydrogens is 420 g/mol. The van der Waals surface area contributed by atoms with Gasteiger partial charge in [0, 0.05) is 11.6 Å². The van der Waals surface area contributed by atoms with Gasteiger partial charge >= 0.3 is 0 Å². The number of furan rings is 1. The molecule has 4 aromatic rings. The van der Waals surface area contributed by atoms with Gasteiger partial charge in [0.2, 0.25) is 0 Å². The molecule has 32 heavy (non-hydrogen) atoms. The Kier molecular flexibility index (Phi) is 4.47. The third-order valence-corrected chi connectivity index (χ3v) is 7.10. The Balaban J connectivity index is 1.63. The average Bonchev–Trinajstić information content (AvgIpc) is 3.46. The predicted molar refractivity (Wildman–Crippen MR) is 124 cm³/mol. The van der Waals surface area contributed by atoms with Crippen molar-refractivity contribution in [1.82, 2.24) is 4.57 Å². The largest absolute Gasteiger partial charge is 0.497 e. The van der Waals surface area contributed by atoms with Gasteiger partial charge in [0.15, 0.2) is 4.80 Å². The van der Waals surface area contributed by atoms with Crippen LogP contribution in [-0.2, 0) is 6.42 Å². The maximum atomic E-state index is 13.6. The second-order valence-corrected chi connectivity index (χ2v) is 8.91. The molecule has 0 unspecified atom stereocenters. The number of aromatic nitrogens is 1. The number of hydrogen-bond acceptors (Lipinski definition) is 5. The zero-order chi connectivity index (χ0) is 21.7. The molecule has 2 aromatic carbocycles. The summed E-state index contributed by atoms with van der Waals surface area (Å²) in [5.41, 5.74) is 5.66. The first-order valence-corrected chi connectivity index (χ1v) is 11.3. The van der Waals surface area contributed by atoms with E-state index in [1.807, 2.05) is 41.0 Å². The van der Waals surface area contributed by atoms with E-state index in [0.717, 1.165) is 35.4 Å². The van der Waals surface area contributed by atoms with Gasteiger partial charge in [0.25, 0.3) is 5.56 Å². The fourth-order valence-electron chi connectivity index (χ4n) is 4.61. The molecule has 3 heterocycles. The maximum Gasteiger partial charge on any atom is 0.271 e. The smallest absolute Gasteiger partial charge is 0.271 e. The van der Waals surface area contributed by atoms with Crippen LogP contribution >= 0.6 is 11.3 Å². The molecule has 6 heteroatoms. The quantitative estimate of drug-likeness (QED) is 0.485. The van der Waals surface area contributed by atoms with E-state index in [4.69, 9.17) is 14.1 Å². The molecule has 158 valence electrons. The molecule has 2 aliphatic rings. The summed E-state index contributed by atoms with van der Waals surface area (Å²) in [4.78, 5) is 19.3. The van der Waals surface area contributed by atoms with Crippen molar-refractivity contribution in [2.75, 3.05) is 7.11 Å². The van der Waals surface area contributed by atoms with Crippen LogP contribution in [0.2, 0.25) is 0 Å². The topological polar surface area (TPSA) is 56.7 Å². The van der Waals surface area contributed by atoms with Gasteiger partial charge < -0.3 is 9.15 Å². The first-order valence-electron chi connectivity index (χ1n) is 10.5. The van der Waals surface area contributed by atoms with Crippen LogP contribution in [0.1, 0.15) is 34.9 Å². The van der Waals surface area contributed by atoms with Crippen LogP contribution in [0.5, 0.6) is 5.75 Å². The summed E-state index contributed by atoms with van der Waals surface area (Å²) in [5.74, 6) is 1.45. The third-order valence-electron chi connectivity index (χ3n) is 6.12. The van der Waals surface area contributed by atoms with Crippen LogP contribution in [0, 0.1) is 0 Å². The molecule has 5 nitrogen and oxygen atoms in total. The van der Waals surface area contributed by atoms with Crippen molar-refractivity contribution >= 4 is 23.1 Å². The fourth-order valence-corrected chi connectivity index (χ4v) is 5.59. The molecule has 0 bridgehead atoms. The molecule has 1 aliphatic heterocycles. The van der Waals surface area contributed by atoms with Crippen LogP contribution in [0.25, 0.3) is 11.8 Å². The van der Waals surface area contributed by atoms with E-state index in [1.165, 1.54) is 22.5 Å². The molecule has 2 aromatic heterocycles. The van der Waals surface area contributed by atoms with Gasteiger partial charge in [-0.2, -0.15) is 0 Å². The molecule has 0 amide bonds. The molecule has 0 saturated carbocycles. The van der Waals surface area contributed by atoms with Crippen molar-refractivity contribution in [3.8, 4) is 5.75 Å². The van der Waals surface area contributed by atoms with E-state index in [-0.39, 0.29) is 11.6 Å². The monoisotopic (exact) mass is 440 g/mol. The summed E-state index contributed by atoms with van der Waals surface area (Å²) in [6.07, 6.45) is 5.22. The van der Waals surface area contributed by atoms with E-state index < -0.39 is 0 Å². The second kappa shape index (κ2) is 7.50.